The lowest BCUT2D eigenvalue weighted by Gasteiger charge is -2.40. The van der Waals surface area contributed by atoms with E-state index in [2.05, 4.69) is 5.32 Å². The second-order valence-corrected chi connectivity index (χ2v) is 12.6. The summed E-state index contributed by atoms with van der Waals surface area (Å²) >= 11 is 2.04. The zero-order valence-electron chi connectivity index (χ0n) is 26.7. The molecule has 0 spiro atoms. The molecule has 13 nitrogen and oxygen atoms in total. The Morgan fingerprint density at radius 2 is 1.80 bits per heavy atom. The number of furan rings is 1. The molecule has 1 aliphatic carbocycles. The van der Waals surface area contributed by atoms with Crippen molar-refractivity contribution in [2.24, 2.45) is 0 Å². The molecule has 258 valence electrons. The maximum atomic E-state index is 14.5. The second kappa shape index (κ2) is 14.9. The van der Waals surface area contributed by atoms with E-state index in [1.165, 1.54) is 25.2 Å². The van der Waals surface area contributed by atoms with Gasteiger partial charge in [-0.3, -0.25) is 9.59 Å². The highest BCUT2D eigenvalue weighted by Gasteiger charge is 2.42. The van der Waals surface area contributed by atoms with Crippen LogP contribution in [-0.4, -0.2) is 84.4 Å². The maximum absolute atomic E-state index is 14.5. The Morgan fingerprint density at radius 3 is 2.55 bits per heavy atom. The van der Waals surface area contributed by atoms with E-state index in [-0.39, 0.29) is 56.6 Å². The number of rotatable bonds is 12. The fraction of sp³-hybridized carbons (Fsp3) is 0.314. The van der Waals surface area contributed by atoms with Gasteiger partial charge in [0.25, 0.3) is 5.91 Å². The Kier molecular flexibility index (Phi) is 10.5. The van der Waals surface area contributed by atoms with Crippen molar-refractivity contribution >= 4 is 45.4 Å². The molecule has 1 aliphatic heterocycles. The monoisotopic (exact) mass is 786 g/mol. The maximum Gasteiger partial charge on any atom is 0.290 e. The minimum absolute atomic E-state index is 0.00144. The average Bonchev–Trinajstić information content (AvgIpc) is 3.78. The van der Waals surface area contributed by atoms with Crippen LogP contribution in [0.3, 0.4) is 0 Å². The number of nitrogens with zero attached hydrogens (tertiary/aromatic N) is 1. The SMILES string of the molecule is COc1cc(CO)cc(I)c1O[C@H]1C=C(C(=O)NCCO)C[C@@H](N(Cc2ccc3c(c2)OCO3)C(=O)c2cc3cccc(OC)c3o2)[C@@H]1O. The number of nitrogens with one attached hydrogen (secondary N) is 1. The summed E-state index contributed by atoms with van der Waals surface area (Å²) in [5.41, 5.74) is 1.90. The van der Waals surface area contributed by atoms with Crippen molar-refractivity contribution in [3.05, 3.63) is 86.7 Å². The topological polar surface area (TPSA) is 169 Å². The molecule has 0 unspecified atom stereocenters. The van der Waals surface area contributed by atoms with Gasteiger partial charge in [0.1, 0.15) is 12.2 Å². The van der Waals surface area contributed by atoms with Gasteiger partial charge in [0.05, 0.1) is 37.0 Å². The molecule has 0 saturated heterocycles. The first-order valence-electron chi connectivity index (χ1n) is 15.4. The Labute approximate surface area is 295 Å². The van der Waals surface area contributed by atoms with Gasteiger partial charge < -0.3 is 53.6 Å². The van der Waals surface area contributed by atoms with Gasteiger partial charge in [-0.25, -0.2) is 0 Å². The van der Waals surface area contributed by atoms with E-state index in [4.69, 9.17) is 28.1 Å². The zero-order valence-corrected chi connectivity index (χ0v) is 28.8. The highest BCUT2D eigenvalue weighted by molar-refractivity contribution is 14.1. The molecule has 4 N–H and O–H groups in total. The average molecular weight is 787 g/mol. The number of aliphatic hydroxyl groups excluding tert-OH is 3. The minimum Gasteiger partial charge on any atom is -0.493 e. The molecule has 1 aromatic heterocycles. The predicted molar refractivity (Wildman–Crippen MR) is 184 cm³/mol. The van der Waals surface area contributed by atoms with Gasteiger partial charge in [0, 0.05) is 30.5 Å². The standard InChI is InChI=1S/C35H35IN2O11/c1-44-26-5-3-4-21-14-30(49-32(21)26)35(43)38(16-19-6-7-25-27(11-19)47-18-46-25)24-13-22(34(42)37-8-9-39)15-28(31(24)41)48-33-23(36)10-20(17-40)12-29(33)45-2/h3-7,10-12,14-15,24,28,31,39-41H,8-9,13,16-18H2,1-2H3,(H,37,42)/t24-,28+,31+/m1/s1. The number of benzene rings is 3. The largest absolute Gasteiger partial charge is 0.493 e. The molecule has 0 radical (unpaired) electrons. The van der Waals surface area contributed by atoms with Crippen LogP contribution in [0.25, 0.3) is 11.0 Å². The molecule has 4 aromatic rings. The van der Waals surface area contributed by atoms with Gasteiger partial charge in [-0.2, -0.15) is 0 Å². The summed E-state index contributed by atoms with van der Waals surface area (Å²) in [4.78, 5) is 29.3. The van der Waals surface area contributed by atoms with Gasteiger partial charge in [-0.05, 0) is 76.2 Å². The van der Waals surface area contributed by atoms with Crippen molar-refractivity contribution in [3.63, 3.8) is 0 Å². The molecular weight excluding hydrogens is 751 g/mol. The summed E-state index contributed by atoms with van der Waals surface area (Å²) in [6.45, 7) is -0.427. The number of halogens is 1. The van der Waals surface area contributed by atoms with Crippen LogP contribution >= 0.6 is 22.6 Å². The quantitative estimate of drug-likeness (QED) is 0.155. The van der Waals surface area contributed by atoms with Gasteiger partial charge in [-0.1, -0.05) is 18.2 Å². The third kappa shape index (κ3) is 7.13. The number of hydrogen-bond donors (Lipinski definition) is 4. The molecule has 2 amide bonds. The molecule has 14 heteroatoms. The normalized spacial score (nSPS) is 18.2. The Morgan fingerprint density at radius 1 is 1.00 bits per heavy atom. The summed E-state index contributed by atoms with van der Waals surface area (Å²) in [5, 5.41) is 34.4. The lowest BCUT2D eigenvalue weighted by Crippen LogP contribution is -2.54. The van der Waals surface area contributed by atoms with E-state index in [1.54, 1.807) is 54.6 Å². The zero-order chi connectivity index (χ0) is 34.7. The van der Waals surface area contributed by atoms with Crippen molar-refractivity contribution in [2.45, 2.75) is 37.8 Å². The molecule has 49 heavy (non-hydrogen) atoms. The lowest BCUT2D eigenvalue weighted by molar-refractivity contribution is -0.118. The van der Waals surface area contributed by atoms with Crippen molar-refractivity contribution in [1.29, 1.82) is 0 Å². The first-order chi connectivity index (χ1) is 23.7. The van der Waals surface area contributed by atoms with E-state index in [1.807, 2.05) is 22.6 Å². The van der Waals surface area contributed by atoms with E-state index >= 15 is 0 Å². The lowest BCUT2D eigenvalue weighted by atomic mass is 9.87. The van der Waals surface area contributed by atoms with Crippen LogP contribution in [0.1, 0.15) is 28.1 Å². The predicted octanol–water partition coefficient (Wildman–Crippen LogP) is 3.53. The number of para-hydroxylation sites is 1. The van der Waals surface area contributed by atoms with E-state index in [9.17, 15) is 24.9 Å². The number of aliphatic hydroxyl groups is 3. The van der Waals surface area contributed by atoms with Gasteiger partial charge >= 0.3 is 0 Å². The van der Waals surface area contributed by atoms with Crippen molar-refractivity contribution < 1.29 is 53.0 Å². The van der Waals surface area contributed by atoms with Crippen molar-refractivity contribution in [1.82, 2.24) is 10.2 Å². The molecule has 6 rings (SSSR count). The van der Waals surface area contributed by atoms with Gasteiger partial charge in [0.2, 0.25) is 12.7 Å². The van der Waals surface area contributed by atoms with Crippen LogP contribution in [0.15, 0.2) is 70.7 Å². The third-order valence-corrected chi connectivity index (χ3v) is 9.13. The number of ether oxygens (including phenoxy) is 5. The Balaban J connectivity index is 1.42. The minimum atomic E-state index is -1.34. The van der Waals surface area contributed by atoms with Crippen LogP contribution in [-0.2, 0) is 17.9 Å². The summed E-state index contributed by atoms with van der Waals surface area (Å²) in [6.07, 6.45) is -1.00. The number of amides is 2. The molecule has 3 aromatic carbocycles. The van der Waals surface area contributed by atoms with E-state index in [0.717, 1.165) is 0 Å². The first-order valence-corrected chi connectivity index (χ1v) is 16.5. The van der Waals surface area contributed by atoms with Crippen molar-refractivity contribution in [2.75, 3.05) is 34.2 Å². The van der Waals surface area contributed by atoms with E-state index in [0.29, 0.717) is 48.7 Å². The highest BCUT2D eigenvalue weighted by Crippen LogP contribution is 2.39. The summed E-state index contributed by atoms with van der Waals surface area (Å²) in [6, 6.07) is 14.5. The van der Waals surface area contributed by atoms with Crippen LogP contribution < -0.4 is 29.0 Å². The Bertz CT molecular complexity index is 1890. The van der Waals surface area contributed by atoms with Crippen LogP contribution in [0, 0.1) is 3.57 Å². The van der Waals surface area contributed by atoms with Crippen LogP contribution in [0.4, 0.5) is 0 Å². The second-order valence-electron chi connectivity index (χ2n) is 11.4. The fourth-order valence-corrected chi connectivity index (χ4v) is 6.71. The number of carbonyl (C=O) groups is 2. The molecule has 0 saturated carbocycles. The smallest absolute Gasteiger partial charge is 0.290 e. The van der Waals surface area contributed by atoms with Gasteiger partial charge in [0.15, 0.2) is 40.1 Å². The molecule has 3 atom stereocenters. The Hall–Kier alpha value is -4.51. The summed E-state index contributed by atoms with van der Waals surface area (Å²) < 4.78 is 35.1. The molecule has 0 bridgehead atoms. The molecule has 2 heterocycles. The number of hydrogen-bond acceptors (Lipinski definition) is 11. The van der Waals surface area contributed by atoms with Gasteiger partial charge in [-0.15, -0.1) is 0 Å². The fourth-order valence-electron chi connectivity index (χ4n) is 5.91. The summed E-state index contributed by atoms with van der Waals surface area (Å²) in [5.74, 6) is 1.10. The third-order valence-electron chi connectivity index (χ3n) is 8.33. The van der Waals surface area contributed by atoms with Crippen LogP contribution in [0.2, 0.25) is 0 Å². The number of fused-ring (bicyclic) bond motifs is 2. The first kappa shape index (κ1) is 34.4. The van der Waals surface area contributed by atoms with Crippen molar-refractivity contribution in [3.8, 4) is 28.7 Å². The highest BCUT2D eigenvalue weighted by atomic mass is 127. The summed E-state index contributed by atoms with van der Waals surface area (Å²) in [7, 11) is 2.96. The molecule has 2 aliphatic rings. The van der Waals surface area contributed by atoms with E-state index < -0.39 is 30.1 Å². The number of carbonyl (C=O) groups excluding carboxylic acids is 2. The molecule has 0 fully saturated rings. The molecular formula is C35H35IN2O11. The van der Waals surface area contributed by atoms with Crippen LogP contribution in [0.5, 0.6) is 28.7 Å². The number of methoxy groups -OCH3 is 2.